The van der Waals surface area contributed by atoms with Gasteiger partial charge in [0.15, 0.2) is 11.5 Å². The van der Waals surface area contributed by atoms with Crippen LogP contribution in [0.15, 0.2) is 24.3 Å². The van der Waals surface area contributed by atoms with Crippen molar-refractivity contribution in [2.45, 2.75) is 44.0 Å². The number of aliphatic hydroxyl groups excluding tert-OH is 2. The first-order valence-corrected chi connectivity index (χ1v) is 10.8. The van der Waals surface area contributed by atoms with E-state index in [0.29, 0.717) is 49.9 Å². The van der Waals surface area contributed by atoms with E-state index < -0.39 is 6.10 Å². The van der Waals surface area contributed by atoms with E-state index in [9.17, 15) is 10.2 Å². The molecule has 160 valence electrons. The standard InChI is InChI=1S/C23H25ClO6/c24-22-14(7-13-1-2-19-21(8-13)28-6-5-27-19)9-18(17-3-4-29-23(17)22)20-11-15(26)10-16(12-25)30-20/h1-2,8-9,15-16,20,25-26H,3-7,10-12H2. The summed E-state index contributed by atoms with van der Waals surface area (Å²) in [5, 5.41) is 20.5. The molecule has 3 unspecified atom stereocenters. The summed E-state index contributed by atoms with van der Waals surface area (Å²) in [6.45, 7) is 1.57. The van der Waals surface area contributed by atoms with E-state index in [2.05, 4.69) is 6.07 Å². The van der Waals surface area contributed by atoms with Crippen LogP contribution in [0.1, 0.15) is 41.2 Å². The normalized spacial score (nSPS) is 25.0. The fourth-order valence-corrected chi connectivity index (χ4v) is 4.84. The van der Waals surface area contributed by atoms with Crippen LogP contribution in [0.5, 0.6) is 17.2 Å². The van der Waals surface area contributed by atoms with Crippen molar-refractivity contribution < 1.29 is 29.2 Å². The van der Waals surface area contributed by atoms with Gasteiger partial charge < -0.3 is 29.2 Å². The molecule has 0 radical (unpaired) electrons. The molecule has 0 aliphatic carbocycles. The predicted molar refractivity (Wildman–Crippen MR) is 111 cm³/mol. The third-order valence-electron chi connectivity index (χ3n) is 5.96. The van der Waals surface area contributed by atoms with Crippen molar-refractivity contribution in [2.24, 2.45) is 0 Å². The fourth-order valence-electron chi connectivity index (χ4n) is 4.55. The molecule has 5 rings (SSSR count). The van der Waals surface area contributed by atoms with Crippen molar-refractivity contribution in [3.05, 3.63) is 51.5 Å². The van der Waals surface area contributed by atoms with Gasteiger partial charge >= 0.3 is 0 Å². The molecule has 3 atom stereocenters. The van der Waals surface area contributed by atoms with Crippen molar-refractivity contribution in [1.82, 2.24) is 0 Å². The summed E-state index contributed by atoms with van der Waals surface area (Å²) in [4.78, 5) is 0. The Hall–Kier alpha value is -1.99. The maximum Gasteiger partial charge on any atom is 0.161 e. The molecular weight excluding hydrogens is 408 g/mol. The summed E-state index contributed by atoms with van der Waals surface area (Å²) < 4.78 is 23.3. The summed E-state index contributed by atoms with van der Waals surface area (Å²) in [7, 11) is 0. The third kappa shape index (κ3) is 3.73. The number of hydrogen-bond acceptors (Lipinski definition) is 6. The number of rotatable bonds is 4. The first-order valence-electron chi connectivity index (χ1n) is 10.4. The van der Waals surface area contributed by atoms with Gasteiger partial charge in [0.2, 0.25) is 0 Å². The first kappa shape index (κ1) is 19.9. The van der Waals surface area contributed by atoms with Crippen LogP contribution in [0, 0.1) is 0 Å². The van der Waals surface area contributed by atoms with Gasteiger partial charge in [0.25, 0.3) is 0 Å². The van der Waals surface area contributed by atoms with E-state index in [4.69, 9.17) is 30.5 Å². The average molecular weight is 433 g/mol. The van der Waals surface area contributed by atoms with Crippen LogP contribution in [-0.2, 0) is 17.6 Å². The van der Waals surface area contributed by atoms with Gasteiger partial charge in [-0.05, 0) is 35.2 Å². The minimum atomic E-state index is -0.504. The highest BCUT2D eigenvalue weighted by atomic mass is 35.5. The summed E-state index contributed by atoms with van der Waals surface area (Å²) in [5.41, 5.74) is 4.04. The molecule has 0 saturated carbocycles. The zero-order chi connectivity index (χ0) is 20.7. The molecule has 0 aromatic heterocycles. The van der Waals surface area contributed by atoms with E-state index in [0.717, 1.165) is 40.2 Å². The lowest BCUT2D eigenvalue weighted by Gasteiger charge is -2.33. The lowest BCUT2D eigenvalue weighted by molar-refractivity contribution is -0.114. The Balaban J connectivity index is 1.49. The highest BCUT2D eigenvalue weighted by Crippen LogP contribution is 2.44. The Morgan fingerprint density at radius 1 is 1.00 bits per heavy atom. The van der Waals surface area contributed by atoms with Gasteiger partial charge in [-0.15, -0.1) is 0 Å². The molecule has 2 aromatic rings. The first-order chi connectivity index (χ1) is 14.6. The lowest BCUT2D eigenvalue weighted by atomic mass is 9.89. The van der Waals surface area contributed by atoms with Gasteiger partial charge in [-0.1, -0.05) is 23.7 Å². The van der Waals surface area contributed by atoms with Gasteiger partial charge in [0, 0.05) is 24.8 Å². The number of aliphatic hydroxyl groups is 2. The molecule has 3 heterocycles. The highest BCUT2D eigenvalue weighted by Gasteiger charge is 2.33. The molecule has 1 saturated heterocycles. The molecule has 3 aliphatic heterocycles. The molecular formula is C23H25ClO6. The van der Waals surface area contributed by atoms with Crippen LogP contribution >= 0.6 is 11.6 Å². The quantitative estimate of drug-likeness (QED) is 0.772. The van der Waals surface area contributed by atoms with E-state index in [1.165, 1.54) is 0 Å². The topological polar surface area (TPSA) is 77.4 Å². The zero-order valence-electron chi connectivity index (χ0n) is 16.6. The molecule has 2 N–H and O–H groups in total. The minimum Gasteiger partial charge on any atom is -0.491 e. The molecule has 2 aromatic carbocycles. The SMILES string of the molecule is OCC1CC(O)CC(c2cc(Cc3ccc4c(c3)OCCO4)c(Cl)c3c2CCO3)O1. The van der Waals surface area contributed by atoms with Gasteiger partial charge in [-0.3, -0.25) is 0 Å². The zero-order valence-corrected chi connectivity index (χ0v) is 17.4. The molecule has 0 amide bonds. The van der Waals surface area contributed by atoms with Gasteiger partial charge in [-0.2, -0.15) is 0 Å². The van der Waals surface area contributed by atoms with Gasteiger partial charge in [0.05, 0.1) is 36.5 Å². The summed E-state index contributed by atoms with van der Waals surface area (Å²) in [5.74, 6) is 2.22. The second-order valence-electron chi connectivity index (χ2n) is 8.05. The Morgan fingerprint density at radius 2 is 1.83 bits per heavy atom. The van der Waals surface area contributed by atoms with Crippen LogP contribution in [0.25, 0.3) is 0 Å². The largest absolute Gasteiger partial charge is 0.491 e. The minimum absolute atomic E-state index is 0.107. The molecule has 0 bridgehead atoms. The van der Waals surface area contributed by atoms with E-state index >= 15 is 0 Å². The molecule has 1 fully saturated rings. The van der Waals surface area contributed by atoms with Crippen molar-refractivity contribution in [1.29, 1.82) is 0 Å². The Kier molecular flexibility index (Phi) is 5.50. The second-order valence-corrected chi connectivity index (χ2v) is 8.43. The van der Waals surface area contributed by atoms with Crippen LogP contribution in [0.2, 0.25) is 5.02 Å². The van der Waals surface area contributed by atoms with Gasteiger partial charge in [0.1, 0.15) is 19.0 Å². The fraction of sp³-hybridized carbons (Fsp3) is 0.478. The van der Waals surface area contributed by atoms with Crippen molar-refractivity contribution in [3.63, 3.8) is 0 Å². The Labute approximate surface area is 180 Å². The molecule has 30 heavy (non-hydrogen) atoms. The molecule has 3 aliphatic rings. The number of benzene rings is 2. The van der Waals surface area contributed by atoms with Gasteiger partial charge in [-0.25, -0.2) is 0 Å². The van der Waals surface area contributed by atoms with E-state index in [1.807, 2.05) is 18.2 Å². The van der Waals surface area contributed by atoms with Crippen molar-refractivity contribution in [2.75, 3.05) is 26.4 Å². The van der Waals surface area contributed by atoms with E-state index in [1.54, 1.807) is 0 Å². The van der Waals surface area contributed by atoms with Crippen molar-refractivity contribution in [3.8, 4) is 17.2 Å². The van der Waals surface area contributed by atoms with Crippen LogP contribution in [0.3, 0.4) is 0 Å². The van der Waals surface area contributed by atoms with Crippen LogP contribution in [0.4, 0.5) is 0 Å². The lowest BCUT2D eigenvalue weighted by Crippen LogP contribution is -2.33. The highest BCUT2D eigenvalue weighted by molar-refractivity contribution is 6.33. The average Bonchev–Trinajstić information content (AvgIpc) is 3.25. The third-order valence-corrected chi connectivity index (χ3v) is 6.38. The molecule has 0 spiro atoms. The Morgan fingerprint density at radius 3 is 2.67 bits per heavy atom. The maximum atomic E-state index is 10.3. The predicted octanol–water partition coefficient (Wildman–Crippen LogP) is 3.21. The van der Waals surface area contributed by atoms with Crippen LogP contribution < -0.4 is 14.2 Å². The second kappa shape index (κ2) is 8.27. The summed E-state index contributed by atoms with van der Waals surface area (Å²) >= 11 is 6.73. The number of fused-ring (bicyclic) bond motifs is 2. The molecule has 6 nitrogen and oxygen atoms in total. The van der Waals surface area contributed by atoms with Crippen molar-refractivity contribution >= 4 is 11.6 Å². The number of ether oxygens (including phenoxy) is 4. The number of hydrogen-bond donors (Lipinski definition) is 2. The Bertz CT molecular complexity index is 946. The number of halogens is 1. The summed E-state index contributed by atoms with van der Waals surface area (Å²) in [6.07, 6.45) is 1.14. The summed E-state index contributed by atoms with van der Waals surface area (Å²) in [6, 6.07) is 8.00. The maximum absolute atomic E-state index is 10.3. The van der Waals surface area contributed by atoms with Crippen LogP contribution in [-0.4, -0.2) is 48.8 Å². The molecule has 7 heteroatoms. The smallest absolute Gasteiger partial charge is 0.161 e. The monoisotopic (exact) mass is 432 g/mol. The van der Waals surface area contributed by atoms with E-state index in [-0.39, 0.29) is 18.8 Å².